The molecule has 150 valence electrons. The first kappa shape index (κ1) is 20.4. The monoisotopic (exact) mass is 401 g/mol. The van der Waals surface area contributed by atoms with Crippen LogP contribution in [0, 0.1) is 6.92 Å². The number of hydrogen-bond acceptors (Lipinski definition) is 4. The molecule has 0 bridgehead atoms. The first-order valence-electron chi connectivity index (χ1n) is 9.27. The molecule has 1 fully saturated rings. The second-order valence-corrected chi connectivity index (χ2v) is 9.41. The molecule has 28 heavy (non-hydrogen) atoms. The van der Waals surface area contributed by atoms with E-state index in [1.165, 1.54) is 11.2 Å². The lowest BCUT2D eigenvalue weighted by molar-refractivity contribution is -0.132. The predicted molar refractivity (Wildman–Crippen MR) is 111 cm³/mol. The van der Waals surface area contributed by atoms with Gasteiger partial charge in [-0.05, 0) is 43.7 Å². The van der Waals surface area contributed by atoms with Crippen molar-refractivity contribution in [2.45, 2.75) is 37.9 Å². The fourth-order valence-electron chi connectivity index (χ4n) is 3.66. The Morgan fingerprint density at radius 1 is 1.04 bits per heavy atom. The zero-order valence-electron chi connectivity index (χ0n) is 17.0. The van der Waals surface area contributed by atoms with E-state index in [9.17, 15) is 13.2 Å². The number of sulfonamides is 1. The van der Waals surface area contributed by atoms with Gasteiger partial charge in [0.2, 0.25) is 15.9 Å². The zero-order chi connectivity index (χ0) is 20.6. The Kier molecular flexibility index (Phi) is 5.50. The van der Waals surface area contributed by atoms with Crippen LogP contribution in [0.5, 0.6) is 0 Å². The summed E-state index contributed by atoms with van der Waals surface area (Å²) < 4.78 is 28.2. The summed E-state index contributed by atoms with van der Waals surface area (Å²) in [7, 11) is 0.145. The molecule has 2 atom stereocenters. The van der Waals surface area contributed by atoms with E-state index in [4.69, 9.17) is 0 Å². The summed E-state index contributed by atoms with van der Waals surface area (Å²) in [5, 5.41) is 0. The Morgan fingerprint density at radius 2 is 1.61 bits per heavy atom. The second kappa shape index (κ2) is 7.56. The van der Waals surface area contributed by atoms with Gasteiger partial charge >= 0.3 is 0 Å². The zero-order valence-corrected chi connectivity index (χ0v) is 17.8. The molecule has 1 amide bonds. The summed E-state index contributed by atoms with van der Waals surface area (Å²) >= 11 is 0. The normalized spacial score (nSPS) is 20.4. The Hall–Kier alpha value is -2.38. The topological polar surface area (TPSA) is 60.9 Å². The van der Waals surface area contributed by atoms with Crippen molar-refractivity contribution in [2.75, 3.05) is 25.5 Å². The van der Waals surface area contributed by atoms with Gasteiger partial charge in [-0.15, -0.1) is 0 Å². The number of amides is 1. The van der Waals surface area contributed by atoms with Crippen LogP contribution in [0.2, 0.25) is 0 Å². The van der Waals surface area contributed by atoms with Gasteiger partial charge in [0.15, 0.2) is 0 Å². The summed E-state index contributed by atoms with van der Waals surface area (Å²) in [6, 6.07) is 14.3. The third kappa shape index (κ3) is 3.64. The number of rotatable bonds is 4. The quantitative estimate of drug-likeness (QED) is 0.790. The molecule has 6 nitrogen and oxygen atoms in total. The van der Waals surface area contributed by atoms with Crippen LogP contribution in [0.3, 0.4) is 0 Å². The van der Waals surface area contributed by atoms with Crippen molar-refractivity contribution in [3.8, 4) is 0 Å². The van der Waals surface area contributed by atoms with Crippen molar-refractivity contribution in [3.05, 3.63) is 59.7 Å². The molecule has 2 aromatic rings. The molecule has 1 aliphatic heterocycles. The van der Waals surface area contributed by atoms with Crippen molar-refractivity contribution in [2.24, 2.45) is 0 Å². The third-order valence-corrected chi connectivity index (χ3v) is 6.99. The molecule has 0 spiro atoms. The molecule has 0 aromatic heterocycles. The van der Waals surface area contributed by atoms with Crippen LogP contribution >= 0.6 is 0 Å². The summed E-state index contributed by atoms with van der Waals surface area (Å²) in [5.41, 5.74) is 2.79. The van der Waals surface area contributed by atoms with Crippen LogP contribution in [0.1, 0.15) is 31.1 Å². The number of anilines is 1. The maximum atomic E-state index is 13.4. The molecule has 1 aliphatic rings. The minimum Gasteiger partial charge on any atom is -0.378 e. The molecule has 0 unspecified atom stereocenters. The van der Waals surface area contributed by atoms with Crippen molar-refractivity contribution < 1.29 is 13.2 Å². The van der Waals surface area contributed by atoms with Crippen molar-refractivity contribution in [1.82, 2.24) is 9.21 Å². The second-order valence-electron chi connectivity index (χ2n) is 7.52. The van der Waals surface area contributed by atoms with Crippen LogP contribution < -0.4 is 4.90 Å². The number of aryl methyl sites for hydroxylation is 1. The highest BCUT2D eigenvalue weighted by atomic mass is 32.2. The number of carbonyl (C=O) groups is 1. The third-order valence-electron chi connectivity index (χ3n) is 5.15. The summed E-state index contributed by atoms with van der Waals surface area (Å²) in [4.78, 5) is 16.2. The molecule has 0 N–H and O–H groups in total. The summed E-state index contributed by atoms with van der Waals surface area (Å²) in [5.74, 6) is -0.143. The van der Waals surface area contributed by atoms with Crippen LogP contribution in [0.15, 0.2) is 53.4 Å². The molecule has 0 radical (unpaired) electrons. The lowest BCUT2D eigenvalue weighted by Gasteiger charge is -2.31. The maximum Gasteiger partial charge on any atom is 0.245 e. The molecule has 0 aliphatic carbocycles. The van der Waals surface area contributed by atoms with Gasteiger partial charge in [0.05, 0.1) is 4.90 Å². The maximum absolute atomic E-state index is 13.4. The molecular weight excluding hydrogens is 374 g/mol. The van der Waals surface area contributed by atoms with E-state index in [0.29, 0.717) is 0 Å². The van der Waals surface area contributed by atoms with Crippen LogP contribution in [-0.4, -0.2) is 50.2 Å². The molecule has 3 rings (SSSR count). The number of carbonyl (C=O) groups excluding carboxylic acids is 1. The van der Waals surface area contributed by atoms with Gasteiger partial charge in [0.25, 0.3) is 0 Å². The van der Waals surface area contributed by atoms with Crippen LogP contribution in [0.25, 0.3) is 0 Å². The van der Waals surface area contributed by atoms with Gasteiger partial charge in [0.1, 0.15) is 6.17 Å². The van der Waals surface area contributed by atoms with Gasteiger partial charge < -0.3 is 9.80 Å². The lowest BCUT2D eigenvalue weighted by atomic mass is 10.1. The summed E-state index contributed by atoms with van der Waals surface area (Å²) in [6.07, 6.45) is -0.657. The SMILES string of the molecule is CC(=O)N1[C@@H](C)CN(S(=O)(=O)c2ccc(C)cc2)[C@H]1c1ccc(N(C)C)cc1. The van der Waals surface area contributed by atoms with E-state index in [1.54, 1.807) is 29.2 Å². The van der Waals surface area contributed by atoms with E-state index >= 15 is 0 Å². The lowest BCUT2D eigenvalue weighted by Crippen LogP contribution is -2.38. The fraction of sp³-hybridized carbons (Fsp3) is 0.381. The van der Waals surface area contributed by atoms with Gasteiger partial charge in [-0.25, -0.2) is 8.42 Å². The van der Waals surface area contributed by atoms with Gasteiger partial charge in [0, 0.05) is 39.3 Å². The van der Waals surface area contributed by atoms with Crippen LogP contribution in [0.4, 0.5) is 5.69 Å². The smallest absolute Gasteiger partial charge is 0.245 e. The molecule has 7 heteroatoms. The summed E-state index contributed by atoms with van der Waals surface area (Å²) in [6.45, 7) is 5.55. The Balaban J connectivity index is 2.08. The van der Waals surface area contributed by atoms with E-state index < -0.39 is 16.2 Å². The Labute approximate surface area is 167 Å². The highest BCUT2D eigenvalue weighted by molar-refractivity contribution is 7.89. The standard InChI is InChI=1S/C21H27N3O3S/c1-15-6-12-20(13-7-15)28(26,27)23-14-16(2)24(17(3)25)21(23)18-8-10-19(11-9-18)22(4)5/h6-13,16,21H,14H2,1-5H3/t16-,21+/m0/s1. The molecular formula is C21H27N3O3S. The average molecular weight is 402 g/mol. The number of hydrogen-bond donors (Lipinski definition) is 0. The molecule has 1 saturated heterocycles. The van der Waals surface area contributed by atoms with Gasteiger partial charge in [-0.1, -0.05) is 29.8 Å². The number of benzene rings is 2. The Morgan fingerprint density at radius 3 is 2.11 bits per heavy atom. The number of nitrogens with zero attached hydrogens (tertiary/aromatic N) is 3. The fourth-order valence-corrected chi connectivity index (χ4v) is 5.31. The van der Waals surface area contributed by atoms with Gasteiger partial charge in [-0.2, -0.15) is 4.31 Å². The van der Waals surface area contributed by atoms with E-state index in [1.807, 2.05) is 57.1 Å². The van der Waals surface area contributed by atoms with Gasteiger partial charge in [-0.3, -0.25) is 4.79 Å². The highest BCUT2D eigenvalue weighted by Crippen LogP contribution is 2.38. The highest BCUT2D eigenvalue weighted by Gasteiger charge is 2.45. The molecule has 2 aromatic carbocycles. The molecule has 0 saturated carbocycles. The largest absolute Gasteiger partial charge is 0.378 e. The van der Waals surface area contributed by atoms with E-state index in [2.05, 4.69) is 0 Å². The molecule has 1 heterocycles. The van der Waals surface area contributed by atoms with Crippen molar-refractivity contribution in [1.29, 1.82) is 0 Å². The van der Waals surface area contributed by atoms with Crippen molar-refractivity contribution >= 4 is 21.6 Å². The average Bonchev–Trinajstić information content (AvgIpc) is 3.00. The van der Waals surface area contributed by atoms with Crippen molar-refractivity contribution in [3.63, 3.8) is 0 Å². The minimum atomic E-state index is -3.75. The Bertz CT molecular complexity index is 953. The first-order chi connectivity index (χ1) is 13.1. The first-order valence-corrected chi connectivity index (χ1v) is 10.7. The van der Waals surface area contributed by atoms with Crippen LogP contribution in [-0.2, 0) is 14.8 Å². The minimum absolute atomic E-state index is 0.143. The van der Waals surface area contributed by atoms with E-state index in [-0.39, 0.29) is 23.4 Å². The predicted octanol–water partition coefficient (Wildman–Crippen LogP) is 3.00. The van der Waals surface area contributed by atoms with E-state index in [0.717, 1.165) is 16.8 Å².